The van der Waals surface area contributed by atoms with Crippen molar-refractivity contribution in [3.63, 3.8) is 0 Å². The van der Waals surface area contributed by atoms with Gasteiger partial charge in [0.15, 0.2) is 6.61 Å². The van der Waals surface area contributed by atoms with Crippen molar-refractivity contribution in [2.45, 2.75) is 26.9 Å². The van der Waals surface area contributed by atoms with Crippen LogP contribution in [-0.2, 0) is 22.6 Å². The summed E-state index contributed by atoms with van der Waals surface area (Å²) in [7, 11) is 0. The fraction of sp³-hybridized carbons (Fsp3) is 0.174. The first-order valence-electron chi connectivity index (χ1n) is 9.28. The molecule has 0 saturated carbocycles. The molecule has 0 unspecified atom stereocenters. The first-order valence-corrected chi connectivity index (χ1v) is 9.28. The molecule has 0 saturated heterocycles. The van der Waals surface area contributed by atoms with Gasteiger partial charge in [0.05, 0.1) is 12.0 Å². The first kappa shape index (κ1) is 18.7. The SMILES string of the molecule is Cc1cc(-c2nnc(COC(=O)Cc3ccc(-c4ccccc4)cc3)o2)c(C)o1. The summed E-state index contributed by atoms with van der Waals surface area (Å²) in [5.41, 5.74) is 3.86. The predicted molar refractivity (Wildman–Crippen MR) is 107 cm³/mol. The zero-order valence-corrected chi connectivity index (χ0v) is 16.2. The Morgan fingerprint density at radius 1 is 0.931 bits per heavy atom. The molecule has 0 amide bonds. The number of hydrogen-bond donors (Lipinski definition) is 0. The molecule has 0 atom stereocenters. The number of rotatable bonds is 6. The molecule has 0 aliphatic rings. The molecular formula is C23H20N2O4. The average molecular weight is 388 g/mol. The molecule has 0 spiro atoms. The molecule has 2 aromatic carbocycles. The van der Waals surface area contributed by atoms with Crippen molar-refractivity contribution in [2.24, 2.45) is 0 Å². The molecule has 146 valence electrons. The summed E-state index contributed by atoms with van der Waals surface area (Å²) < 4.78 is 16.3. The van der Waals surface area contributed by atoms with E-state index in [1.54, 1.807) is 0 Å². The molecule has 6 nitrogen and oxygen atoms in total. The lowest BCUT2D eigenvalue weighted by Gasteiger charge is -2.05. The van der Waals surface area contributed by atoms with E-state index in [4.69, 9.17) is 13.6 Å². The van der Waals surface area contributed by atoms with Crippen LogP contribution < -0.4 is 0 Å². The van der Waals surface area contributed by atoms with Gasteiger partial charge in [0, 0.05) is 0 Å². The van der Waals surface area contributed by atoms with Gasteiger partial charge in [-0.2, -0.15) is 0 Å². The van der Waals surface area contributed by atoms with E-state index in [1.165, 1.54) is 0 Å². The Morgan fingerprint density at radius 2 is 1.66 bits per heavy atom. The predicted octanol–water partition coefficient (Wildman–Crippen LogP) is 4.90. The van der Waals surface area contributed by atoms with Crippen molar-refractivity contribution in [3.05, 3.63) is 83.6 Å². The first-order chi connectivity index (χ1) is 14.1. The number of benzene rings is 2. The summed E-state index contributed by atoms with van der Waals surface area (Å²) in [5, 5.41) is 7.92. The maximum atomic E-state index is 12.1. The Kier molecular flexibility index (Phi) is 5.24. The van der Waals surface area contributed by atoms with Crippen molar-refractivity contribution in [1.82, 2.24) is 10.2 Å². The van der Waals surface area contributed by atoms with Crippen LogP contribution in [0.4, 0.5) is 0 Å². The Hall–Kier alpha value is -3.67. The summed E-state index contributed by atoms with van der Waals surface area (Å²) in [4.78, 5) is 12.1. The van der Waals surface area contributed by atoms with Gasteiger partial charge in [-0.25, -0.2) is 0 Å². The zero-order valence-electron chi connectivity index (χ0n) is 16.2. The lowest BCUT2D eigenvalue weighted by molar-refractivity contribution is -0.144. The number of carbonyl (C=O) groups excluding carboxylic acids is 1. The van der Waals surface area contributed by atoms with E-state index < -0.39 is 0 Å². The topological polar surface area (TPSA) is 78.4 Å². The van der Waals surface area contributed by atoms with Crippen molar-refractivity contribution >= 4 is 5.97 Å². The fourth-order valence-electron chi connectivity index (χ4n) is 3.07. The highest BCUT2D eigenvalue weighted by Gasteiger charge is 2.15. The van der Waals surface area contributed by atoms with Gasteiger partial charge < -0.3 is 13.6 Å². The molecule has 0 aliphatic carbocycles. The van der Waals surface area contributed by atoms with E-state index in [9.17, 15) is 4.79 Å². The Balaban J connectivity index is 1.33. The maximum absolute atomic E-state index is 12.1. The van der Waals surface area contributed by atoms with Crippen LogP contribution in [0.15, 0.2) is 69.5 Å². The van der Waals surface area contributed by atoms with Gasteiger partial charge >= 0.3 is 5.97 Å². The molecule has 0 aliphatic heterocycles. The molecule has 2 aromatic heterocycles. The fourth-order valence-corrected chi connectivity index (χ4v) is 3.07. The molecule has 6 heteroatoms. The molecule has 0 N–H and O–H groups in total. The Labute approximate surface area is 168 Å². The van der Waals surface area contributed by atoms with Gasteiger partial charge in [-0.3, -0.25) is 4.79 Å². The zero-order chi connectivity index (χ0) is 20.2. The van der Waals surface area contributed by atoms with Gasteiger partial charge in [0.25, 0.3) is 11.8 Å². The van der Waals surface area contributed by atoms with E-state index in [-0.39, 0.29) is 24.9 Å². The molecule has 4 rings (SSSR count). The van der Waals surface area contributed by atoms with Gasteiger partial charge in [0.2, 0.25) is 0 Å². The van der Waals surface area contributed by atoms with Crippen molar-refractivity contribution < 1.29 is 18.4 Å². The van der Waals surface area contributed by atoms with Crippen LogP contribution in [0.1, 0.15) is 23.0 Å². The number of ether oxygens (including phenoxy) is 1. The van der Waals surface area contributed by atoms with Crippen LogP contribution >= 0.6 is 0 Å². The van der Waals surface area contributed by atoms with Crippen LogP contribution in [0.3, 0.4) is 0 Å². The van der Waals surface area contributed by atoms with E-state index in [1.807, 2.05) is 74.5 Å². The standard InChI is InChI=1S/C23H20N2O4/c1-15-12-20(16(2)28-15)23-25-24-21(29-23)14-27-22(26)13-17-8-10-19(11-9-17)18-6-4-3-5-7-18/h3-12H,13-14H2,1-2H3. The normalized spacial score (nSPS) is 10.8. The summed E-state index contributed by atoms with van der Waals surface area (Å²) >= 11 is 0. The molecule has 0 bridgehead atoms. The summed E-state index contributed by atoms with van der Waals surface area (Å²) in [6.07, 6.45) is 0.177. The highest BCUT2D eigenvalue weighted by Crippen LogP contribution is 2.25. The van der Waals surface area contributed by atoms with Crippen LogP contribution in [0.5, 0.6) is 0 Å². The molecule has 29 heavy (non-hydrogen) atoms. The number of carbonyl (C=O) groups is 1. The number of aromatic nitrogens is 2. The second-order valence-corrected chi connectivity index (χ2v) is 6.73. The lowest BCUT2D eigenvalue weighted by Crippen LogP contribution is -2.08. The average Bonchev–Trinajstić information content (AvgIpc) is 3.33. The van der Waals surface area contributed by atoms with E-state index >= 15 is 0 Å². The van der Waals surface area contributed by atoms with Gasteiger partial charge in [-0.1, -0.05) is 54.6 Å². The monoisotopic (exact) mass is 388 g/mol. The second kappa shape index (κ2) is 8.14. The molecule has 0 fully saturated rings. The number of nitrogens with zero attached hydrogens (tertiary/aromatic N) is 2. The minimum Gasteiger partial charge on any atom is -0.466 e. The van der Waals surface area contributed by atoms with Crippen molar-refractivity contribution in [1.29, 1.82) is 0 Å². The minimum atomic E-state index is -0.354. The van der Waals surface area contributed by atoms with Crippen LogP contribution in [0.2, 0.25) is 0 Å². The van der Waals surface area contributed by atoms with E-state index in [2.05, 4.69) is 10.2 Å². The maximum Gasteiger partial charge on any atom is 0.310 e. The summed E-state index contributed by atoms with van der Waals surface area (Å²) in [6, 6.07) is 19.8. The highest BCUT2D eigenvalue weighted by molar-refractivity contribution is 5.73. The number of aryl methyl sites for hydroxylation is 2. The third-order valence-corrected chi connectivity index (χ3v) is 4.50. The van der Waals surface area contributed by atoms with Crippen molar-refractivity contribution in [3.8, 4) is 22.6 Å². The quantitative estimate of drug-likeness (QED) is 0.437. The molecule has 2 heterocycles. The second-order valence-electron chi connectivity index (χ2n) is 6.73. The minimum absolute atomic E-state index is 0.0657. The van der Waals surface area contributed by atoms with Crippen LogP contribution in [-0.4, -0.2) is 16.2 Å². The highest BCUT2D eigenvalue weighted by atomic mass is 16.5. The van der Waals surface area contributed by atoms with E-state index in [0.29, 0.717) is 11.7 Å². The van der Waals surface area contributed by atoms with Gasteiger partial charge in [-0.15, -0.1) is 10.2 Å². The third kappa shape index (κ3) is 4.43. The van der Waals surface area contributed by atoms with Gasteiger partial charge in [0.1, 0.15) is 11.5 Å². The van der Waals surface area contributed by atoms with E-state index in [0.717, 1.165) is 28.0 Å². The largest absolute Gasteiger partial charge is 0.466 e. The Morgan fingerprint density at radius 3 is 2.34 bits per heavy atom. The Bertz CT molecular complexity index is 1110. The molecular weight excluding hydrogens is 368 g/mol. The van der Waals surface area contributed by atoms with Crippen LogP contribution in [0, 0.1) is 13.8 Å². The third-order valence-electron chi connectivity index (χ3n) is 4.50. The van der Waals surface area contributed by atoms with Crippen LogP contribution in [0.25, 0.3) is 22.6 Å². The smallest absolute Gasteiger partial charge is 0.310 e. The lowest BCUT2D eigenvalue weighted by atomic mass is 10.0. The number of furan rings is 1. The van der Waals surface area contributed by atoms with Crippen molar-refractivity contribution in [2.75, 3.05) is 0 Å². The number of esters is 1. The summed E-state index contributed by atoms with van der Waals surface area (Å²) in [6.45, 7) is 3.61. The van der Waals surface area contributed by atoms with Gasteiger partial charge in [-0.05, 0) is 36.6 Å². The molecule has 0 radical (unpaired) electrons. The molecule has 4 aromatic rings. The summed E-state index contributed by atoms with van der Waals surface area (Å²) in [5.74, 6) is 1.70. The number of hydrogen-bond acceptors (Lipinski definition) is 6.